The highest BCUT2D eigenvalue weighted by molar-refractivity contribution is 7.13. The number of rotatable bonds is 5. The van der Waals surface area contributed by atoms with Crippen molar-refractivity contribution in [3.05, 3.63) is 29.5 Å². The molecule has 4 nitrogen and oxygen atoms in total. The number of aliphatic hydroxyl groups excluding tert-OH is 1. The van der Waals surface area contributed by atoms with Gasteiger partial charge < -0.3 is 14.4 Å². The minimum Gasteiger partial charge on any atom is -0.462 e. The summed E-state index contributed by atoms with van der Waals surface area (Å²) in [7, 11) is 2.11. The molecule has 0 radical (unpaired) electrons. The molecule has 0 aromatic carbocycles. The van der Waals surface area contributed by atoms with Crippen molar-refractivity contribution < 1.29 is 9.52 Å². The lowest BCUT2D eigenvalue weighted by Crippen LogP contribution is -2.36. The Bertz CT molecular complexity index is 517. The van der Waals surface area contributed by atoms with Crippen LogP contribution in [0.5, 0.6) is 0 Å². The predicted octanol–water partition coefficient (Wildman–Crippen LogP) is 2.61. The van der Waals surface area contributed by atoms with Crippen molar-refractivity contribution in [1.82, 2.24) is 9.88 Å². The van der Waals surface area contributed by atoms with Gasteiger partial charge >= 0.3 is 0 Å². The molecule has 2 heterocycles. The van der Waals surface area contributed by atoms with Crippen LogP contribution in [0.1, 0.15) is 18.5 Å². The molecule has 5 heteroatoms. The first kappa shape index (κ1) is 12.8. The summed E-state index contributed by atoms with van der Waals surface area (Å²) in [5.41, 5.74) is 1.08. The lowest BCUT2D eigenvalue weighted by Gasteiger charge is -2.34. The fraction of sp³-hybridized carbons (Fsp3) is 0.500. The van der Waals surface area contributed by atoms with E-state index in [1.165, 1.54) is 0 Å². The molecule has 1 saturated carbocycles. The Hall–Kier alpha value is -1.17. The van der Waals surface area contributed by atoms with Crippen molar-refractivity contribution in [1.29, 1.82) is 0 Å². The molecule has 0 saturated heterocycles. The van der Waals surface area contributed by atoms with Gasteiger partial charge in [0.2, 0.25) is 0 Å². The van der Waals surface area contributed by atoms with E-state index in [2.05, 4.69) is 22.3 Å². The molecule has 0 amide bonds. The van der Waals surface area contributed by atoms with Crippen molar-refractivity contribution >= 4 is 11.3 Å². The van der Waals surface area contributed by atoms with Gasteiger partial charge in [0, 0.05) is 18.5 Å². The third-order valence-electron chi connectivity index (χ3n) is 3.50. The third-order valence-corrected chi connectivity index (χ3v) is 4.40. The van der Waals surface area contributed by atoms with Crippen molar-refractivity contribution in [2.24, 2.45) is 5.92 Å². The van der Waals surface area contributed by atoms with Gasteiger partial charge in [-0.15, -0.1) is 11.3 Å². The fourth-order valence-corrected chi connectivity index (χ4v) is 3.30. The quantitative estimate of drug-likeness (QED) is 0.913. The normalized spacial score (nSPS) is 22.7. The van der Waals surface area contributed by atoms with Gasteiger partial charge in [0.25, 0.3) is 0 Å². The first-order valence-electron chi connectivity index (χ1n) is 6.55. The molecule has 0 aliphatic heterocycles. The smallest absolute Gasteiger partial charge is 0.162 e. The predicted molar refractivity (Wildman–Crippen MR) is 74.9 cm³/mol. The molecule has 0 bridgehead atoms. The summed E-state index contributed by atoms with van der Waals surface area (Å²) in [5, 5.41) is 12.3. The van der Waals surface area contributed by atoms with E-state index in [1.54, 1.807) is 17.6 Å². The summed E-state index contributed by atoms with van der Waals surface area (Å²) in [6.07, 6.45) is 3.49. The van der Waals surface area contributed by atoms with Gasteiger partial charge in [-0.1, -0.05) is 0 Å². The van der Waals surface area contributed by atoms with Crippen LogP contribution in [0.25, 0.3) is 10.8 Å². The molecule has 1 fully saturated rings. The lowest BCUT2D eigenvalue weighted by atomic mass is 9.82. The fourth-order valence-electron chi connectivity index (χ4n) is 2.52. The summed E-state index contributed by atoms with van der Waals surface area (Å²) < 4.78 is 5.35. The van der Waals surface area contributed by atoms with E-state index in [1.807, 2.05) is 12.1 Å². The highest BCUT2D eigenvalue weighted by atomic mass is 32.1. The van der Waals surface area contributed by atoms with Crippen LogP contribution >= 0.6 is 11.3 Å². The first-order valence-corrected chi connectivity index (χ1v) is 7.43. The summed E-state index contributed by atoms with van der Waals surface area (Å²) in [6, 6.07) is 3.81. The maximum absolute atomic E-state index is 9.29. The molecule has 102 valence electrons. The zero-order valence-electron chi connectivity index (χ0n) is 11.0. The van der Waals surface area contributed by atoms with E-state index in [-0.39, 0.29) is 6.10 Å². The number of aromatic nitrogens is 1. The van der Waals surface area contributed by atoms with Crippen molar-refractivity contribution in [3.8, 4) is 10.8 Å². The minimum absolute atomic E-state index is 0.0665. The molecule has 0 unspecified atom stereocenters. The monoisotopic (exact) mass is 278 g/mol. The molecule has 19 heavy (non-hydrogen) atoms. The van der Waals surface area contributed by atoms with Crippen LogP contribution < -0.4 is 0 Å². The molecule has 0 spiro atoms. The standard InChI is InChI=1S/C14H18N2O2S/c1-16(7-10-5-12(17)6-10)8-11-9-19-14(15-11)13-3-2-4-18-13/h2-4,9-10,12,17H,5-8H2,1H3. The van der Waals surface area contributed by atoms with Gasteiger partial charge in [0.05, 0.1) is 18.1 Å². The van der Waals surface area contributed by atoms with E-state index in [4.69, 9.17) is 4.42 Å². The summed E-state index contributed by atoms with van der Waals surface area (Å²) in [4.78, 5) is 6.87. The second kappa shape index (κ2) is 5.45. The SMILES string of the molecule is CN(Cc1csc(-c2ccco2)n1)CC1CC(O)C1. The average molecular weight is 278 g/mol. The van der Waals surface area contributed by atoms with Crippen LogP contribution in [0.4, 0.5) is 0 Å². The van der Waals surface area contributed by atoms with Gasteiger partial charge in [-0.2, -0.15) is 0 Å². The van der Waals surface area contributed by atoms with Crippen LogP contribution in [-0.4, -0.2) is 34.7 Å². The van der Waals surface area contributed by atoms with Crippen LogP contribution in [0.15, 0.2) is 28.2 Å². The molecule has 1 aliphatic carbocycles. The highest BCUT2D eigenvalue weighted by Gasteiger charge is 2.27. The molecular weight excluding hydrogens is 260 g/mol. The lowest BCUT2D eigenvalue weighted by molar-refractivity contribution is 0.0272. The molecule has 0 atom stereocenters. The van der Waals surface area contributed by atoms with Crippen LogP contribution in [0.3, 0.4) is 0 Å². The van der Waals surface area contributed by atoms with E-state index in [0.717, 1.165) is 42.4 Å². The van der Waals surface area contributed by atoms with Gasteiger partial charge in [0.1, 0.15) is 0 Å². The van der Waals surface area contributed by atoms with E-state index < -0.39 is 0 Å². The minimum atomic E-state index is -0.0665. The van der Waals surface area contributed by atoms with E-state index in [9.17, 15) is 5.11 Å². The maximum atomic E-state index is 9.29. The number of nitrogens with zero attached hydrogens (tertiary/aromatic N) is 2. The Morgan fingerprint density at radius 1 is 1.53 bits per heavy atom. The summed E-state index contributed by atoms with van der Waals surface area (Å²) >= 11 is 1.62. The summed E-state index contributed by atoms with van der Waals surface area (Å²) in [5.74, 6) is 1.48. The number of thiazole rings is 1. The topological polar surface area (TPSA) is 49.5 Å². The zero-order chi connectivity index (χ0) is 13.2. The second-order valence-electron chi connectivity index (χ2n) is 5.31. The van der Waals surface area contributed by atoms with Crippen LogP contribution in [0.2, 0.25) is 0 Å². The van der Waals surface area contributed by atoms with Crippen molar-refractivity contribution in [2.45, 2.75) is 25.5 Å². The molecule has 2 aromatic rings. The first-order chi connectivity index (χ1) is 9.20. The largest absolute Gasteiger partial charge is 0.462 e. The van der Waals surface area contributed by atoms with Crippen LogP contribution in [-0.2, 0) is 6.54 Å². The van der Waals surface area contributed by atoms with Gasteiger partial charge in [-0.25, -0.2) is 4.98 Å². The van der Waals surface area contributed by atoms with E-state index >= 15 is 0 Å². The Morgan fingerprint density at radius 3 is 3.05 bits per heavy atom. The molecule has 2 aromatic heterocycles. The Labute approximate surface area is 116 Å². The molecular formula is C14H18N2O2S. The zero-order valence-corrected chi connectivity index (χ0v) is 11.8. The van der Waals surface area contributed by atoms with Crippen molar-refractivity contribution in [2.75, 3.05) is 13.6 Å². The Balaban J connectivity index is 1.55. The number of furan rings is 1. The molecule has 3 rings (SSSR count). The molecule has 1 aliphatic rings. The van der Waals surface area contributed by atoms with Gasteiger partial charge in [-0.05, 0) is 37.9 Å². The Kier molecular flexibility index (Phi) is 3.68. The summed E-state index contributed by atoms with van der Waals surface area (Å²) in [6.45, 7) is 1.88. The van der Waals surface area contributed by atoms with E-state index in [0.29, 0.717) is 5.92 Å². The highest BCUT2D eigenvalue weighted by Crippen LogP contribution is 2.28. The average Bonchev–Trinajstić information content (AvgIpc) is 2.96. The molecule has 1 N–H and O–H groups in total. The van der Waals surface area contributed by atoms with Crippen molar-refractivity contribution in [3.63, 3.8) is 0 Å². The second-order valence-corrected chi connectivity index (χ2v) is 6.17. The van der Waals surface area contributed by atoms with Gasteiger partial charge in [-0.3, -0.25) is 0 Å². The maximum Gasteiger partial charge on any atom is 0.162 e. The number of hydrogen-bond acceptors (Lipinski definition) is 5. The van der Waals surface area contributed by atoms with Crippen LogP contribution in [0, 0.1) is 5.92 Å². The third kappa shape index (κ3) is 3.05. The van der Waals surface area contributed by atoms with Gasteiger partial charge in [0.15, 0.2) is 10.8 Å². The Morgan fingerprint density at radius 2 is 2.37 bits per heavy atom. The number of aliphatic hydroxyl groups is 1. The number of hydrogen-bond donors (Lipinski definition) is 1.